The molecule has 1 fully saturated rings. The molecule has 1 spiro atoms. The highest BCUT2D eigenvalue weighted by Gasteiger charge is 2.57. The van der Waals surface area contributed by atoms with E-state index in [9.17, 15) is 31.2 Å². The van der Waals surface area contributed by atoms with Crippen LogP contribution in [0, 0.1) is 16.7 Å². The van der Waals surface area contributed by atoms with Crippen LogP contribution in [0.5, 0.6) is 0 Å². The maximum absolute atomic E-state index is 13.6. The molecule has 0 saturated heterocycles. The van der Waals surface area contributed by atoms with Gasteiger partial charge in [-0.05, 0) is 74.7 Å². The van der Waals surface area contributed by atoms with Crippen LogP contribution in [0.1, 0.15) is 140 Å². The van der Waals surface area contributed by atoms with Gasteiger partial charge in [0, 0.05) is 6.92 Å². The maximum atomic E-state index is 13.6. The first-order chi connectivity index (χ1) is 21.5. The van der Waals surface area contributed by atoms with Crippen molar-refractivity contribution in [3.05, 3.63) is 35.9 Å². The molecule has 0 aromatic heterocycles. The van der Waals surface area contributed by atoms with Crippen molar-refractivity contribution in [3.8, 4) is 0 Å². The Kier molecular flexibility index (Phi) is 17.2. The van der Waals surface area contributed by atoms with Crippen molar-refractivity contribution in [1.82, 2.24) is 4.90 Å². The predicted octanol–water partition coefficient (Wildman–Crippen LogP) is 9.60. The van der Waals surface area contributed by atoms with Crippen molar-refractivity contribution in [1.29, 1.82) is 0 Å². The number of hydrogen-bond acceptors (Lipinski definition) is 7. The molecule has 1 aliphatic heterocycles. The normalized spacial score (nSPS) is 20.5. The average molecular weight is 693 g/mol. The first kappa shape index (κ1) is 44.4. The van der Waals surface area contributed by atoms with Gasteiger partial charge in [0.15, 0.2) is 0 Å². The zero-order valence-corrected chi connectivity index (χ0v) is 31.6. The molecule has 1 heterocycles. The van der Waals surface area contributed by atoms with Crippen LogP contribution in [-0.2, 0) is 28.6 Å². The fraction of sp³-hybridized carbons (Fsp3) is 0.743. The van der Waals surface area contributed by atoms with Crippen molar-refractivity contribution in [3.63, 3.8) is 0 Å². The summed E-state index contributed by atoms with van der Waals surface area (Å²) < 4.78 is 71.9. The van der Waals surface area contributed by atoms with E-state index >= 15 is 0 Å². The molecule has 3 rings (SSSR count). The minimum atomic E-state index is -6.03. The van der Waals surface area contributed by atoms with E-state index in [4.69, 9.17) is 0 Å². The molecule has 272 valence electrons. The number of carbonyl (C=O) groups is 2. The van der Waals surface area contributed by atoms with Gasteiger partial charge in [0.1, 0.15) is 5.66 Å². The molecule has 0 bridgehead atoms. The summed E-state index contributed by atoms with van der Waals surface area (Å²) in [7, 11) is -6.03. The summed E-state index contributed by atoms with van der Waals surface area (Å²) >= 11 is 0. The second-order valence-electron chi connectivity index (χ2n) is 13.9. The monoisotopic (exact) mass is 692 g/mol. The minimum absolute atomic E-state index is 0.0167. The van der Waals surface area contributed by atoms with E-state index in [-0.39, 0.29) is 22.9 Å². The van der Waals surface area contributed by atoms with Crippen LogP contribution >= 0.6 is 0 Å². The van der Waals surface area contributed by atoms with Gasteiger partial charge in [0.2, 0.25) is 0 Å². The third-order valence-corrected chi connectivity index (χ3v) is 8.65. The Morgan fingerprint density at radius 3 is 1.83 bits per heavy atom. The molecule has 1 aliphatic carbocycles. The average Bonchev–Trinajstić information content (AvgIpc) is 3.19. The lowest BCUT2D eigenvalue weighted by Gasteiger charge is -2.47. The Bertz CT molecular complexity index is 1240. The van der Waals surface area contributed by atoms with Crippen LogP contribution in [-0.4, -0.2) is 48.4 Å². The molecule has 12 heteroatoms. The van der Waals surface area contributed by atoms with Crippen molar-refractivity contribution < 1.29 is 40.1 Å². The third-order valence-electron chi connectivity index (χ3n) is 7.71. The number of esters is 1. The molecule has 1 unspecified atom stereocenters. The van der Waals surface area contributed by atoms with E-state index in [1.54, 1.807) is 0 Å². The fourth-order valence-corrected chi connectivity index (χ4v) is 5.95. The first-order valence-corrected chi connectivity index (χ1v) is 18.1. The summed E-state index contributed by atoms with van der Waals surface area (Å²) in [6, 6.07) is 8.79. The van der Waals surface area contributed by atoms with Gasteiger partial charge in [-0.15, -0.1) is 0 Å². The summed E-state index contributed by atoms with van der Waals surface area (Å²) in [6.07, 6.45) is 3.54. The molecular formula is C35H59F3N2O6S. The number of nitrogens with zero attached hydrogens (tertiary/aromatic N) is 2. The predicted molar refractivity (Wildman–Crippen MR) is 182 cm³/mol. The van der Waals surface area contributed by atoms with Crippen LogP contribution in [0.15, 0.2) is 35.3 Å². The molecule has 47 heavy (non-hydrogen) atoms. The van der Waals surface area contributed by atoms with E-state index in [1.165, 1.54) is 11.8 Å². The van der Waals surface area contributed by atoms with Gasteiger partial charge in [-0.1, -0.05) is 99.6 Å². The van der Waals surface area contributed by atoms with Gasteiger partial charge in [-0.25, -0.2) is 4.99 Å². The Hall–Kier alpha value is -2.63. The number of benzene rings is 1. The van der Waals surface area contributed by atoms with Crippen LogP contribution in [0.2, 0.25) is 0 Å². The lowest BCUT2D eigenvalue weighted by Crippen LogP contribution is -2.51. The summed E-state index contributed by atoms with van der Waals surface area (Å²) in [5.74, 6) is -1.79. The third kappa shape index (κ3) is 13.4. The van der Waals surface area contributed by atoms with Gasteiger partial charge in [0.05, 0.1) is 12.1 Å². The van der Waals surface area contributed by atoms with E-state index < -0.39 is 39.1 Å². The lowest BCUT2D eigenvalue weighted by atomic mass is 9.69. The fourth-order valence-electron chi connectivity index (χ4n) is 5.54. The maximum Gasteiger partial charge on any atom is 0.534 e. The van der Waals surface area contributed by atoms with Crippen molar-refractivity contribution in [2.45, 2.75) is 152 Å². The number of carbonyl (C=O) groups excluding carboxylic acids is 2. The van der Waals surface area contributed by atoms with E-state index in [0.29, 0.717) is 38.0 Å². The Balaban J connectivity index is 0.00000168. The van der Waals surface area contributed by atoms with E-state index in [2.05, 4.69) is 55.5 Å². The summed E-state index contributed by atoms with van der Waals surface area (Å²) in [5, 5.41) is 0. The SMILES string of the molecule is CC.CC.CC(=O)OC(C)C.CC(C)(C)CCC(c1ccccc1)N1C(=O)C(OS(=O)(=O)C(F)(F)F)=NC12CCC(C(C)(C)C)CC2. The summed E-state index contributed by atoms with van der Waals surface area (Å²) in [4.78, 5) is 29.5. The quantitative estimate of drug-likeness (QED) is 0.167. The highest BCUT2D eigenvalue weighted by atomic mass is 32.2. The van der Waals surface area contributed by atoms with Crippen molar-refractivity contribution in [2.75, 3.05) is 0 Å². The molecule has 0 N–H and O–H groups in total. The highest BCUT2D eigenvalue weighted by molar-refractivity contribution is 7.88. The molecule has 1 aromatic carbocycles. The zero-order valence-electron chi connectivity index (χ0n) is 30.7. The van der Waals surface area contributed by atoms with Gasteiger partial charge in [0.25, 0.3) is 5.90 Å². The van der Waals surface area contributed by atoms with Crippen molar-refractivity contribution >= 4 is 27.9 Å². The van der Waals surface area contributed by atoms with Gasteiger partial charge in [-0.3, -0.25) is 9.59 Å². The van der Waals surface area contributed by atoms with Crippen molar-refractivity contribution in [2.24, 2.45) is 21.7 Å². The number of alkyl halides is 3. The van der Waals surface area contributed by atoms with Crippen LogP contribution in [0.3, 0.4) is 0 Å². The van der Waals surface area contributed by atoms with E-state index in [0.717, 1.165) is 12.0 Å². The Morgan fingerprint density at radius 2 is 1.47 bits per heavy atom. The molecule has 2 aliphatic rings. The molecule has 1 amide bonds. The Labute approximate surface area is 282 Å². The first-order valence-electron chi connectivity index (χ1n) is 16.7. The number of hydrogen-bond donors (Lipinski definition) is 0. The molecule has 1 atom stereocenters. The van der Waals surface area contributed by atoms with Gasteiger partial charge in [-0.2, -0.15) is 21.6 Å². The highest BCUT2D eigenvalue weighted by Crippen LogP contribution is 2.50. The zero-order chi connectivity index (χ0) is 37.0. The number of ether oxygens (including phenoxy) is 1. The standard InChI is InChI=1S/C26H37F3N2O4S.C5H10O2.2C2H6/c1-23(2,3)15-14-20(18-10-8-7-9-11-18)31-22(32)21(35-36(33,34)26(27,28)29)30-25(31)16-12-19(13-17-25)24(4,5)6;1-4(2)7-5(3)6;2*1-2/h7-11,19-20H,12-17H2,1-6H3;4H,1-3H3;2*1-2H3. The second kappa shape index (κ2) is 18.2. The van der Waals surface area contributed by atoms with Crippen LogP contribution < -0.4 is 0 Å². The number of aliphatic imine (C=N–C) groups is 1. The van der Waals surface area contributed by atoms with Gasteiger partial charge >= 0.3 is 27.5 Å². The summed E-state index contributed by atoms with van der Waals surface area (Å²) in [5.41, 5.74) is -6.04. The van der Waals surface area contributed by atoms with Crippen LogP contribution in [0.25, 0.3) is 0 Å². The number of amides is 1. The minimum Gasteiger partial charge on any atom is -0.463 e. The second-order valence-corrected chi connectivity index (χ2v) is 15.4. The molecule has 0 radical (unpaired) electrons. The van der Waals surface area contributed by atoms with Gasteiger partial charge < -0.3 is 13.8 Å². The molecular weight excluding hydrogens is 633 g/mol. The van der Waals surface area contributed by atoms with Crippen LogP contribution in [0.4, 0.5) is 13.2 Å². The molecule has 1 aromatic rings. The topological polar surface area (TPSA) is 102 Å². The summed E-state index contributed by atoms with van der Waals surface area (Å²) in [6.45, 7) is 25.7. The Morgan fingerprint density at radius 1 is 0.979 bits per heavy atom. The number of rotatable bonds is 6. The van der Waals surface area contributed by atoms with E-state index in [1.807, 2.05) is 71.9 Å². The molecule has 8 nitrogen and oxygen atoms in total. The molecule has 1 saturated carbocycles. The largest absolute Gasteiger partial charge is 0.534 e. The number of halogens is 3. The smallest absolute Gasteiger partial charge is 0.463 e. The lowest BCUT2D eigenvalue weighted by molar-refractivity contribution is -0.144.